The minimum atomic E-state index is -0.611. The first-order chi connectivity index (χ1) is 18.0. The van der Waals surface area contributed by atoms with E-state index in [1.165, 1.54) is 23.7 Å². The van der Waals surface area contributed by atoms with Crippen LogP contribution in [0.2, 0.25) is 0 Å². The van der Waals surface area contributed by atoms with Gasteiger partial charge >= 0.3 is 0 Å². The fraction of sp³-hybridized carbons (Fsp3) is 0.385. The Morgan fingerprint density at radius 3 is 1.84 bits per heavy atom. The maximum Gasteiger partial charge on any atom is 0.228 e. The summed E-state index contributed by atoms with van der Waals surface area (Å²) in [6.45, 7) is 8.63. The lowest BCUT2D eigenvalue weighted by Gasteiger charge is -2.33. The number of likely N-dealkylation sites (N-methyl/N-ethyl adjacent to an activating group) is 2. The number of nitrogens with one attached hydrogen (secondary N) is 1. The second-order valence-electron chi connectivity index (χ2n) is 9.05. The molecule has 0 bridgehead atoms. The van der Waals surface area contributed by atoms with Gasteiger partial charge in [0.1, 0.15) is 22.8 Å². The standard InChI is InChI=1S/C13H16N4O.C8H5FN2O.C5H12N2/c1-15-6-8-16(9-7-15)13-11(10-18)14-12-4-2-3-5-17(12)13;9-8-6(5-12)10-7-3-1-2-4-11(7)8;1-7-4-2-6-3-5-7/h2-5,10H,6-9H2,1H3;1-5H;6H,2-5H2,1H3. The predicted molar refractivity (Wildman–Crippen MR) is 141 cm³/mol. The van der Waals surface area contributed by atoms with Gasteiger partial charge in [-0.25, -0.2) is 9.97 Å². The molecule has 0 radical (unpaired) electrons. The molecular weight excluding hydrogens is 475 g/mol. The van der Waals surface area contributed by atoms with Crippen LogP contribution in [0.1, 0.15) is 21.0 Å². The average Bonchev–Trinajstić information content (AvgIpc) is 3.48. The van der Waals surface area contributed by atoms with E-state index in [1.54, 1.807) is 18.2 Å². The van der Waals surface area contributed by atoms with Crippen molar-refractivity contribution >= 4 is 29.7 Å². The van der Waals surface area contributed by atoms with Crippen molar-refractivity contribution in [1.29, 1.82) is 0 Å². The fourth-order valence-corrected chi connectivity index (χ4v) is 4.25. The molecule has 0 atom stereocenters. The largest absolute Gasteiger partial charge is 0.353 e. The number of rotatable bonds is 3. The summed E-state index contributed by atoms with van der Waals surface area (Å²) in [5.41, 5.74) is 1.65. The summed E-state index contributed by atoms with van der Waals surface area (Å²) in [5.74, 6) is 0.314. The molecule has 0 saturated carbocycles. The van der Waals surface area contributed by atoms with E-state index in [0.29, 0.717) is 17.6 Å². The average molecular weight is 509 g/mol. The third-order valence-electron chi connectivity index (χ3n) is 6.39. The van der Waals surface area contributed by atoms with Crippen LogP contribution in [0.15, 0.2) is 48.8 Å². The molecule has 10 nitrogen and oxygen atoms in total. The topological polar surface area (TPSA) is 90.5 Å². The number of carbonyl (C=O) groups excluding carboxylic acids is 2. The van der Waals surface area contributed by atoms with Crippen LogP contribution in [-0.4, -0.2) is 108 Å². The highest BCUT2D eigenvalue weighted by molar-refractivity contribution is 5.83. The zero-order chi connectivity index (χ0) is 26.2. The number of imidazole rings is 2. The van der Waals surface area contributed by atoms with Gasteiger partial charge in [0.15, 0.2) is 18.3 Å². The number of carbonyl (C=O) groups is 2. The summed E-state index contributed by atoms with van der Waals surface area (Å²) < 4.78 is 16.3. The van der Waals surface area contributed by atoms with Crippen LogP contribution in [-0.2, 0) is 0 Å². The SMILES string of the molecule is CN1CCN(c2c(C=O)nc3ccccn23)CC1.CN1CCNCC1.O=Cc1nc2ccccn2c1F. The Labute approximate surface area is 215 Å². The molecule has 37 heavy (non-hydrogen) atoms. The van der Waals surface area contributed by atoms with Gasteiger partial charge in [-0.05, 0) is 38.4 Å². The molecule has 0 spiro atoms. The van der Waals surface area contributed by atoms with Gasteiger partial charge < -0.3 is 20.0 Å². The molecule has 2 aliphatic rings. The van der Waals surface area contributed by atoms with E-state index in [-0.39, 0.29) is 5.69 Å². The Kier molecular flexibility index (Phi) is 8.94. The van der Waals surface area contributed by atoms with E-state index >= 15 is 0 Å². The lowest BCUT2D eigenvalue weighted by Crippen LogP contribution is -2.45. The van der Waals surface area contributed by atoms with Crippen molar-refractivity contribution in [2.24, 2.45) is 0 Å². The zero-order valence-electron chi connectivity index (χ0n) is 21.3. The molecule has 6 heterocycles. The van der Waals surface area contributed by atoms with Crippen molar-refractivity contribution in [3.05, 3.63) is 66.1 Å². The van der Waals surface area contributed by atoms with Crippen LogP contribution in [0.3, 0.4) is 0 Å². The van der Waals surface area contributed by atoms with Crippen molar-refractivity contribution in [1.82, 2.24) is 33.9 Å². The highest BCUT2D eigenvalue weighted by Crippen LogP contribution is 2.22. The molecule has 0 unspecified atom stereocenters. The van der Waals surface area contributed by atoms with Crippen molar-refractivity contribution in [2.75, 3.05) is 71.4 Å². The minimum absolute atomic E-state index is 0.152. The molecule has 0 amide bonds. The first-order valence-electron chi connectivity index (χ1n) is 12.3. The van der Waals surface area contributed by atoms with Gasteiger partial charge in [0.2, 0.25) is 5.95 Å². The van der Waals surface area contributed by atoms with Crippen molar-refractivity contribution in [2.45, 2.75) is 0 Å². The van der Waals surface area contributed by atoms with Gasteiger partial charge in [-0.3, -0.25) is 18.4 Å². The molecule has 2 fully saturated rings. The Bertz CT molecular complexity index is 1320. The van der Waals surface area contributed by atoms with Crippen LogP contribution in [0.5, 0.6) is 0 Å². The Balaban J connectivity index is 0.000000144. The number of aldehydes is 2. The summed E-state index contributed by atoms with van der Waals surface area (Å²) in [7, 11) is 4.27. The van der Waals surface area contributed by atoms with Crippen LogP contribution in [0, 0.1) is 5.95 Å². The number of fused-ring (bicyclic) bond motifs is 2. The molecule has 4 aromatic rings. The van der Waals surface area contributed by atoms with Gasteiger partial charge in [0.05, 0.1) is 0 Å². The van der Waals surface area contributed by atoms with Crippen molar-refractivity contribution in [3.8, 4) is 0 Å². The van der Waals surface area contributed by atoms with E-state index in [4.69, 9.17) is 0 Å². The smallest absolute Gasteiger partial charge is 0.228 e. The number of pyridine rings is 2. The van der Waals surface area contributed by atoms with Crippen molar-refractivity contribution in [3.63, 3.8) is 0 Å². The summed E-state index contributed by atoms with van der Waals surface area (Å²) in [6.07, 6.45) is 4.73. The number of aromatic nitrogens is 4. The maximum absolute atomic E-state index is 13.1. The van der Waals surface area contributed by atoms with Crippen LogP contribution >= 0.6 is 0 Å². The molecule has 0 aliphatic carbocycles. The minimum Gasteiger partial charge on any atom is -0.353 e. The number of hydrogen-bond acceptors (Lipinski definition) is 8. The molecule has 0 aromatic carbocycles. The molecule has 11 heteroatoms. The molecular formula is C26H33FN8O2. The third-order valence-corrected chi connectivity index (χ3v) is 6.39. The van der Waals surface area contributed by atoms with E-state index in [2.05, 4.69) is 44.1 Å². The number of nitrogens with zero attached hydrogens (tertiary/aromatic N) is 7. The highest BCUT2D eigenvalue weighted by atomic mass is 19.1. The lowest BCUT2D eigenvalue weighted by molar-refractivity contribution is 0.111. The number of halogens is 1. The van der Waals surface area contributed by atoms with Crippen LogP contribution in [0.4, 0.5) is 10.2 Å². The molecule has 2 aliphatic heterocycles. The summed E-state index contributed by atoms with van der Waals surface area (Å²) in [4.78, 5) is 36.4. The number of anilines is 1. The molecule has 196 valence electrons. The first-order valence-corrected chi connectivity index (χ1v) is 12.3. The Morgan fingerprint density at radius 1 is 0.757 bits per heavy atom. The quantitative estimate of drug-likeness (QED) is 0.419. The molecule has 1 N–H and O–H groups in total. The van der Waals surface area contributed by atoms with Crippen LogP contribution in [0.25, 0.3) is 11.3 Å². The van der Waals surface area contributed by atoms with Gasteiger partial charge in [-0.2, -0.15) is 4.39 Å². The summed E-state index contributed by atoms with van der Waals surface area (Å²) >= 11 is 0. The highest BCUT2D eigenvalue weighted by Gasteiger charge is 2.21. The number of hydrogen-bond donors (Lipinski definition) is 1. The maximum atomic E-state index is 13.1. The van der Waals surface area contributed by atoms with Crippen LogP contribution < -0.4 is 10.2 Å². The second kappa shape index (κ2) is 12.5. The van der Waals surface area contributed by atoms with Gasteiger partial charge in [-0.15, -0.1) is 0 Å². The normalized spacial score (nSPS) is 16.6. The third kappa shape index (κ3) is 6.37. The summed E-state index contributed by atoms with van der Waals surface area (Å²) in [6, 6.07) is 10.9. The second-order valence-corrected chi connectivity index (χ2v) is 9.05. The fourth-order valence-electron chi connectivity index (χ4n) is 4.25. The zero-order valence-corrected chi connectivity index (χ0v) is 21.3. The van der Waals surface area contributed by atoms with Gasteiger partial charge in [0, 0.05) is 64.8 Å². The Hall–Kier alpha value is -3.67. The van der Waals surface area contributed by atoms with E-state index < -0.39 is 5.95 Å². The van der Waals surface area contributed by atoms with Gasteiger partial charge in [0.25, 0.3) is 0 Å². The lowest BCUT2D eigenvalue weighted by atomic mass is 10.3. The first kappa shape index (κ1) is 26.4. The van der Waals surface area contributed by atoms with Crippen molar-refractivity contribution < 1.29 is 14.0 Å². The van der Waals surface area contributed by atoms with E-state index in [1.807, 2.05) is 28.8 Å². The molecule has 2 saturated heterocycles. The monoisotopic (exact) mass is 508 g/mol. The Morgan fingerprint density at radius 2 is 1.30 bits per heavy atom. The van der Waals surface area contributed by atoms with E-state index in [9.17, 15) is 14.0 Å². The molecule has 6 rings (SSSR count). The predicted octanol–water partition coefficient (Wildman–Crippen LogP) is 1.71. The molecule has 4 aromatic heterocycles. The summed E-state index contributed by atoms with van der Waals surface area (Å²) in [5, 5.41) is 3.27. The van der Waals surface area contributed by atoms with Gasteiger partial charge in [-0.1, -0.05) is 12.1 Å². The number of piperazine rings is 2. The van der Waals surface area contributed by atoms with E-state index in [0.717, 1.165) is 57.0 Å².